The van der Waals surface area contributed by atoms with Crippen molar-refractivity contribution in [2.75, 3.05) is 5.32 Å². The van der Waals surface area contributed by atoms with Gasteiger partial charge in [0.1, 0.15) is 0 Å². The molecule has 0 fully saturated rings. The van der Waals surface area contributed by atoms with Crippen molar-refractivity contribution in [2.24, 2.45) is 0 Å². The minimum absolute atomic E-state index is 0.187. The van der Waals surface area contributed by atoms with Crippen molar-refractivity contribution in [1.82, 2.24) is 4.72 Å². The summed E-state index contributed by atoms with van der Waals surface area (Å²) in [7, 11) is -4.35. The number of hydrogen-bond acceptors (Lipinski definition) is 3. The first kappa shape index (κ1) is 21.5. The predicted octanol–water partition coefficient (Wildman–Crippen LogP) is 4.32. The fourth-order valence-electron chi connectivity index (χ4n) is 2.02. The van der Waals surface area contributed by atoms with E-state index < -0.39 is 38.6 Å². The fourth-order valence-corrected chi connectivity index (χ4v) is 3.56. The average Bonchev–Trinajstić information content (AvgIpc) is 2.57. The first-order valence-corrected chi connectivity index (χ1v) is 9.59. The smallest absolute Gasteiger partial charge is 0.325 e. The van der Waals surface area contributed by atoms with E-state index in [2.05, 4.69) is 5.32 Å². The third kappa shape index (κ3) is 5.58. The lowest BCUT2D eigenvalue weighted by Crippen LogP contribution is -2.41. The number of anilines is 1. The molecule has 0 saturated heterocycles. The van der Waals surface area contributed by atoms with Gasteiger partial charge in [0.2, 0.25) is 15.9 Å². The molecule has 0 spiro atoms. The van der Waals surface area contributed by atoms with Crippen LogP contribution in [-0.2, 0) is 21.0 Å². The first-order valence-electron chi connectivity index (χ1n) is 7.35. The monoisotopic (exact) mass is 440 g/mol. The minimum atomic E-state index is -4.69. The molecule has 1 amide bonds. The van der Waals surface area contributed by atoms with E-state index in [9.17, 15) is 26.4 Å². The summed E-state index contributed by atoms with van der Waals surface area (Å²) in [6, 6.07) is 6.22. The van der Waals surface area contributed by atoms with Gasteiger partial charge in [-0.15, -0.1) is 0 Å². The number of halogens is 5. The summed E-state index contributed by atoms with van der Waals surface area (Å²) in [5.41, 5.74) is -0.835. The van der Waals surface area contributed by atoms with E-state index in [1.165, 1.54) is 25.1 Å². The van der Waals surface area contributed by atoms with Crippen LogP contribution in [0.5, 0.6) is 0 Å². The number of benzene rings is 2. The summed E-state index contributed by atoms with van der Waals surface area (Å²) in [5, 5.41) is 2.89. The van der Waals surface area contributed by atoms with E-state index in [1.807, 2.05) is 4.72 Å². The Kier molecular flexibility index (Phi) is 6.41. The van der Waals surface area contributed by atoms with Crippen LogP contribution in [-0.4, -0.2) is 20.4 Å². The van der Waals surface area contributed by atoms with Crippen LogP contribution in [0.15, 0.2) is 47.4 Å². The van der Waals surface area contributed by atoms with Crippen LogP contribution in [0.2, 0.25) is 10.0 Å². The number of amides is 1. The van der Waals surface area contributed by atoms with E-state index >= 15 is 0 Å². The highest BCUT2D eigenvalue weighted by Gasteiger charge is 2.32. The Morgan fingerprint density at radius 3 is 2.33 bits per heavy atom. The number of hydrogen-bond donors (Lipinski definition) is 2. The molecule has 0 bridgehead atoms. The first-order chi connectivity index (χ1) is 12.4. The van der Waals surface area contributed by atoms with Crippen molar-refractivity contribution in [3.8, 4) is 0 Å². The maximum absolute atomic E-state index is 12.8. The lowest BCUT2D eigenvalue weighted by molar-refractivity contribution is -0.137. The third-order valence-electron chi connectivity index (χ3n) is 3.38. The number of carbonyl (C=O) groups is 1. The molecule has 0 aromatic heterocycles. The molecule has 2 aromatic rings. The molecular formula is C16H13Cl2F3N2O3S. The van der Waals surface area contributed by atoms with Gasteiger partial charge in [-0.05, 0) is 43.3 Å². The second kappa shape index (κ2) is 8.05. The van der Waals surface area contributed by atoms with Gasteiger partial charge in [-0.25, -0.2) is 8.42 Å². The van der Waals surface area contributed by atoms with E-state index in [0.29, 0.717) is 6.07 Å². The number of alkyl halides is 3. The van der Waals surface area contributed by atoms with Crippen LogP contribution in [0.25, 0.3) is 0 Å². The van der Waals surface area contributed by atoms with Crippen molar-refractivity contribution in [1.29, 1.82) is 0 Å². The quantitative estimate of drug-likeness (QED) is 0.726. The average molecular weight is 441 g/mol. The molecule has 0 aliphatic rings. The SMILES string of the molecule is CC(NS(=O)(=O)c1cccc(C(F)(F)F)c1)C(=O)Nc1ccc(Cl)c(Cl)c1. The van der Waals surface area contributed by atoms with Crippen LogP contribution in [0.1, 0.15) is 12.5 Å². The van der Waals surface area contributed by atoms with Crippen LogP contribution in [0.4, 0.5) is 18.9 Å². The number of nitrogens with one attached hydrogen (secondary N) is 2. The molecule has 27 heavy (non-hydrogen) atoms. The van der Waals surface area contributed by atoms with Crippen molar-refractivity contribution in [3.05, 3.63) is 58.1 Å². The summed E-state index contributed by atoms with van der Waals surface area (Å²) >= 11 is 11.6. The fraction of sp³-hybridized carbons (Fsp3) is 0.188. The van der Waals surface area contributed by atoms with Crippen LogP contribution < -0.4 is 10.0 Å². The molecule has 1 unspecified atom stereocenters. The second-order valence-electron chi connectivity index (χ2n) is 5.49. The molecule has 0 radical (unpaired) electrons. The van der Waals surface area contributed by atoms with E-state index in [0.717, 1.165) is 18.2 Å². The molecule has 0 saturated carbocycles. The normalized spacial score (nSPS) is 13.3. The second-order valence-corrected chi connectivity index (χ2v) is 8.02. The van der Waals surface area contributed by atoms with Crippen molar-refractivity contribution < 1.29 is 26.4 Å². The zero-order valence-electron chi connectivity index (χ0n) is 13.6. The van der Waals surface area contributed by atoms with Gasteiger partial charge >= 0.3 is 6.18 Å². The topological polar surface area (TPSA) is 75.3 Å². The third-order valence-corrected chi connectivity index (χ3v) is 5.66. The maximum atomic E-state index is 12.8. The highest BCUT2D eigenvalue weighted by molar-refractivity contribution is 7.89. The van der Waals surface area contributed by atoms with E-state index in [-0.39, 0.29) is 15.7 Å². The van der Waals surface area contributed by atoms with Crippen LogP contribution in [0.3, 0.4) is 0 Å². The summed E-state index contributed by atoms with van der Waals surface area (Å²) in [4.78, 5) is 11.5. The molecule has 1 atom stereocenters. The lowest BCUT2D eigenvalue weighted by atomic mass is 10.2. The molecule has 2 rings (SSSR count). The minimum Gasteiger partial charge on any atom is -0.325 e. The number of sulfonamides is 1. The van der Waals surface area contributed by atoms with Gasteiger partial charge in [-0.2, -0.15) is 17.9 Å². The lowest BCUT2D eigenvalue weighted by Gasteiger charge is -2.15. The van der Waals surface area contributed by atoms with Crippen LogP contribution >= 0.6 is 23.2 Å². The largest absolute Gasteiger partial charge is 0.416 e. The predicted molar refractivity (Wildman–Crippen MR) is 96.3 cm³/mol. The Labute approximate surface area is 163 Å². The van der Waals surface area contributed by atoms with E-state index in [1.54, 1.807) is 0 Å². The van der Waals surface area contributed by atoms with Gasteiger partial charge in [-0.3, -0.25) is 4.79 Å². The molecule has 0 aliphatic heterocycles. The number of carbonyl (C=O) groups excluding carboxylic acids is 1. The summed E-state index contributed by atoms with van der Waals surface area (Å²) in [6.45, 7) is 1.25. The Balaban J connectivity index is 2.14. The van der Waals surface area contributed by atoms with Gasteiger partial charge in [0.05, 0.1) is 26.5 Å². The van der Waals surface area contributed by atoms with Crippen molar-refractivity contribution in [2.45, 2.75) is 24.0 Å². The molecule has 2 aromatic carbocycles. The highest BCUT2D eigenvalue weighted by Crippen LogP contribution is 2.30. The standard InChI is InChI=1S/C16H13Cl2F3N2O3S/c1-9(15(24)22-11-5-6-13(17)14(18)8-11)23-27(25,26)12-4-2-3-10(7-12)16(19,20)21/h2-9,23H,1H3,(H,22,24). The summed E-state index contributed by atoms with van der Waals surface area (Å²) in [6.07, 6.45) is -4.69. The Morgan fingerprint density at radius 2 is 1.74 bits per heavy atom. The van der Waals surface area contributed by atoms with Gasteiger partial charge < -0.3 is 5.32 Å². The number of rotatable bonds is 5. The zero-order chi connectivity index (χ0) is 20.4. The molecule has 0 heterocycles. The van der Waals surface area contributed by atoms with Gasteiger partial charge in [-0.1, -0.05) is 29.3 Å². The van der Waals surface area contributed by atoms with Gasteiger partial charge in [0.15, 0.2) is 0 Å². The molecule has 146 valence electrons. The van der Waals surface area contributed by atoms with Crippen LogP contribution in [0, 0.1) is 0 Å². The molecule has 0 aliphatic carbocycles. The summed E-state index contributed by atoms with van der Waals surface area (Å²) < 4.78 is 64.8. The molecule has 11 heteroatoms. The Bertz CT molecular complexity index is 966. The molecular weight excluding hydrogens is 428 g/mol. The van der Waals surface area contributed by atoms with E-state index in [4.69, 9.17) is 23.2 Å². The Morgan fingerprint density at radius 1 is 1.07 bits per heavy atom. The maximum Gasteiger partial charge on any atom is 0.416 e. The zero-order valence-corrected chi connectivity index (χ0v) is 16.0. The van der Waals surface area contributed by atoms with Crippen molar-refractivity contribution in [3.63, 3.8) is 0 Å². The van der Waals surface area contributed by atoms with Gasteiger partial charge in [0, 0.05) is 5.69 Å². The van der Waals surface area contributed by atoms with Gasteiger partial charge in [0.25, 0.3) is 0 Å². The molecule has 5 nitrogen and oxygen atoms in total. The van der Waals surface area contributed by atoms with Crippen molar-refractivity contribution >= 4 is 44.8 Å². The summed E-state index contributed by atoms with van der Waals surface area (Å²) in [5.74, 6) is -0.732. The Hall–Kier alpha value is -1.81. The molecule has 2 N–H and O–H groups in total. The highest BCUT2D eigenvalue weighted by atomic mass is 35.5.